The first kappa shape index (κ1) is 14.6. The number of ether oxygens (including phenoxy) is 1. The molecule has 94 valence electrons. The molecule has 0 saturated heterocycles. The molecule has 1 N–H and O–H groups in total. The first-order chi connectivity index (χ1) is 8.08. The second-order valence-electron chi connectivity index (χ2n) is 3.99. The molecule has 0 aliphatic rings. The lowest BCUT2D eigenvalue weighted by Crippen LogP contribution is -2.09. The van der Waals surface area contributed by atoms with E-state index in [1.54, 1.807) is 5.54 Å². The molecule has 0 spiro atoms. The largest absolute Gasteiger partial charge is 0.489 e. The normalized spacial score (nSPS) is 11.7. The van der Waals surface area contributed by atoms with Gasteiger partial charge < -0.3 is 10.1 Å². The Kier molecular flexibility index (Phi) is 6.03. The molecule has 1 aromatic rings. The first-order valence-electron chi connectivity index (χ1n) is 5.40. The number of nitrogens with one attached hydrogen (secondary N) is 1. The summed E-state index contributed by atoms with van der Waals surface area (Å²) >= 11 is 9.12. The Morgan fingerprint density at radius 1 is 1.53 bits per heavy atom. The van der Waals surface area contributed by atoms with Crippen LogP contribution in [-0.4, -0.2) is 13.7 Å². The van der Waals surface area contributed by atoms with E-state index in [0.29, 0.717) is 6.61 Å². The van der Waals surface area contributed by atoms with Crippen molar-refractivity contribution in [2.24, 2.45) is 0 Å². The maximum Gasteiger partial charge on any atom is 0.127 e. The van der Waals surface area contributed by atoms with Gasteiger partial charge in [0.1, 0.15) is 12.4 Å². The highest BCUT2D eigenvalue weighted by molar-refractivity contribution is 9.10. The molecule has 0 unspecified atom stereocenters. The van der Waals surface area contributed by atoms with E-state index in [4.69, 9.17) is 16.3 Å². The van der Waals surface area contributed by atoms with Gasteiger partial charge in [0.2, 0.25) is 0 Å². The highest BCUT2D eigenvalue weighted by atomic mass is 79.9. The number of aryl methyl sites for hydroxylation is 1. The molecular weight excluding hydrogens is 302 g/mol. The Balaban J connectivity index is 2.95. The standard InChI is InChI=1S/C13H17BrClNO/c1-9(6-15)8-17-13-10(2)4-12(14)5-11(13)7-16-3/h4-6,16H,7-8H2,1-3H3/b9-6+. The number of hydrogen-bond acceptors (Lipinski definition) is 2. The van der Waals surface area contributed by atoms with E-state index < -0.39 is 0 Å². The van der Waals surface area contributed by atoms with Crippen molar-refractivity contribution in [1.29, 1.82) is 0 Å². The highest BCUT2D eigenvalue weighted by Gasteiger charge is 2.08. The van der Waals surface area contributed by atoms with Crippen LogP contribution in [-0.2, 0) is 6.54 Å². The minimum Gasteiger partial charge on any atom is -0.489 e. The smallest absolute Gasteiger partial charge is 0.127 e. The molecule has 0 saturated carbocycles. The van der Waals surface area contributed by atoms with Gasteiger partial charge in [-0.05, 0) is 44.2 Å². The molecule has 0 atom stereocenters. The van der Waals surface area contributed by atoms with Crippen LogP contribution in [0.2, 0.25) is 0 Å². The van der Waals surface area contributed by atoms with E-state index in [1.807, 2.05) is 27.0 Å². The third-order valence-corrected chi connectivity index (χ3v) is 3.14. The van der Waals surface area contributed by atoms with Crippen molar-refractivity contribution in [3.8, 4) is 5.75 Å². The summed E-state index contributed by atoms with van der Waals surface area (Å²) in [6.45, 7) is 5.28. The second-order valence-corrected chi connectivity index (χ2v) is 5.12. The average Bonchev–Trinajstić information content (AvgIpc) is 2.27. The molecule has 2 nitrogen and oxygen atoms in total. The predicted octanol–water partition coefficient (Wildman–Crippen LogP) is 4.00. The van der Waals surface area contributed by atoms with E-state index in [0.717, 1.165) is 33.5 Å². The lowest BCUT2D eigenvalue weighted by atomic mass is 10.1. The molecule has 0 amide bonds. The molecule has 0 bridgehead atoms. The lowest BCUT2D eigenvalue weighted by molar-refractivity contribution is 0.345. The zero-order valence-corrected chi connectivity index (χ0v) is 12.7. The van der Waals surface area contributed by atoms with Gasteiger partial charge in [0.05, 0.1) is 0 Å². The Hall–Kier alpha value is -0.510. The highest BCUT2D eigenvalue weighted by Crippen LogP contribution is 2.28. The third-order valence-electron chi connectivity index (χ3n) is 2.31. The van der Waals surface area contributed by atoms with Gasteiger partial charge in [-0.2, -0.15) is 0 Å². The van der Waals surface area contributed by atoms with Gasteiger partial charge in [-0.15, -0.1) is 0 Å². The van der Waals surface area contributed by atoms with Crippen molar-refractivity contribution in [2.45, 2.75) is 20.4 Å². The maximum absolute atomic E-state index is 5.81. The van der Waals surface area contributed by atoms with Crippen LogP contribution in [0.25, 0.3) is 0 Å². The van der Waals surface area contributed by atoms with Gasteiger partial charge in [0, 0.05) is 22.1 Å². The summed E-state index contributed by atoms with van der Waals surface area (Å²) in [6.07, 6.45) is 0. The van der Waals surface area contributed by atoms with E-state index in [1.165, 1.54) is 0 Å². The van der Waals surface area contributed by atoms with E-state index in [9.17, 15) is 0 Å². The van der Waals surface area contributed by atoms with Crippen LogP contribution in [0.3, 0.4) is 0 Å². The quantitative estimate of drug-likeness (QED) is 0.886. The fourth-order valence-electron chi connectivity index (χ4n) is 1.55. The van der Waals surface area contributed by atoms with E-state index in [2.05, 4.69) is 27.3 Å². The Morgan fingerprint density at radius 2 is 2.24 bits per heavy atom. The SMILES string of the molecule is CNCc1cc(Br)cc(C)c1OC/C(C)=C/Cl. The summed E-state index contributed by atoms with van der Waals surface area (Å²) in [4.78, 5) is 0. The van der Waals surface area contributed by atoms with Gasteiger partial charge in [-0.1, -0.05) is 27.5 Å². The Morgan fingerprint density at radius 3 is 2.82 bits per heavy atom. The van der Waals surface area contributed by atoms with Crippen LogP contribution < -0.4 is 10.1 Å². The van der Waals surface area contributed by atoms with Crippen molar-refractivity contribution in [3.05, 3.63) is 38.8 Å². The maximum atomic E-state index is 5.81. The molecule has 0 aliphatic heterocycles. The summed E-state index contributed by atoms with van der Waals surface area (Å²) < 4.78 is 6.88. The summed E-state index contributed by atoms with van der Waals surface area (Å²) in [7, 11) is 1.92. The minimum absolute atomic E-state index is 0.517. The van der Waals surface area contributed by atoms with Gasteiger partial charge >= 0.3 is 0 Å². The fraction of sp³-hybridized carbons (Fsp3) is 0.385. The number of halogens is 2. The molecule has 4 heteroatoms. The third kappa shape index (κ3) is 4.34. The molecule has 1 aromatic carbocycles. The van der Waals surface area contributed by atoms with Crippen LogP contribution in [0.1, 0.15) is 18.1 Å². The minimum atomic E-state index is 0.517. The van der Waals surface area contributed by atoms with Crippen molar-refractivity contribution in [1.82, 2.24) is 5.32 Å². The molecule has 0 heterocycles. The van der Waals surface area contributed by atoms with Crippen molar-refractivity contribution >= 4 is 27.5 Å². The number of rotatable bonds is 5. The molecule has 0 radical (unpaired) electrons. The van der Waals surface area contributed by atoms with Crippen molar-refractivity contribution in [3.63, 3.8) is 0 Å². The van der Waals surface area contributed by atoms with Gasteiger partial charge in [0.25, 0.3) is 0 Å². The molecule has 0 aromatic heterocycles. The summed E-state index contributed by atoms with van der Waals surface area (Å²) in [6, 6.07) is 4.12. The lowest BCUT2D eigenvalue weighted by Gasteiger charge is -2.15. The van der Waals surface area contributed by atoms with E-state index in [-0.39, 0.29) is 0 Å². The van der Waals surface area contributed by atoms with Crippen molar-refractivity contribution < 1.29 is 4.74 Å². The summed E-state index contributed by atoms with van der Waals surface area (Å²) in [5, 5.41) is 3.14. The monoisotopic (exact) mass is 317 g/mol. The zero-order chi connectivity index (χ0) is 12.8. The van der Waals surface area contributed by atoms with Crippen LogP contribution >= 0.6 is 27.5 Å². The van der Waals surface area contributed by atoms with Crippen LogP contribution in [0.4, 0.5) is 0 Å². The number of benzene rings is 1. The summed E-state index contributed by atoms with van der Waals surface area (Å²) in [5.41, 5.74) is 4.81. The van der Waals surface area contributed by atoms with E-state index >= 15 is 0 Å². The predicted molar refractivity (Wildman–Crippen MR) is 76.7 cm³/mol. The first-order valence-corrected chi connectivity index (χ1v) is 6.63. The molecule has 1 rings (SSSR count). The van der Waals surface area contributed by atoms with Gasteiger partial charge in [-0.3, -0.25) is 0 Å². The zero-order valence-electron chi connectivity index (χ0n) is 10.3. The molecule has 0 aliphatic carbocycles. The van der Waals surface area contributed by atoms with Gasteiger partial charge in [0.15, 0.2) is 0 Å². The molecule has 17 heavy (non-hydrogen) atoms. The second kappa shape index (κ2) is 7.04. The Labute approximate surface area is 116 Å². The van der Waals surface area contributed by atoms with Crippen molar-refractivity contribution in [2.75, 3.05) is 13.7 Å². The summed E-state index contributed by atoms with van der Waals surface area (Å²) in [5.74, 6) is 0.931. The van der Waals surface area contributed by atoms with Crippen LogP contribution in [0.15, 0.2) is 27.7 Å². The van der Waals surface area contributed by atoms with Gasteiger partial charge in [-0.25, -0.2) is 0 Å². The Bertz CT molecular complexity index is 418. The molecule has 0 fully saturated rings. The topological polar surface area (TPSA) is 21.3 Å². The molecular formula is C13H17BrClNO. The number of hydrogen-bond donors (Lipinski definition) is 1. The van der Waals surface area contributed by atoms with Crippen LogP contribution in [0.5, 0.6) is 5.75 Å². The fourth-order valence-corrected chi connectivity index (χ4v) is 2.23. The van der Waals surface area contributed by atoms with Crippen LogP contribution in [0, 0.1) is 6.92 Å². The average molecular weight is 319 g/mol.